The molecule has 1 heterocycles. The van der Waals surface area contributed by atoms with E-state index >= 15 is 0 Å². The molecule has 0 aliphatic heterocycles. The monoisotopic (exact) mass is 233 g/mol. The van der Waals surface area contributed by atoms with Gasteiger partial charge >= 0.3 is 0 Å². The first kappa shape index (κ1) is 15.8. The van der Waals surface area contributed by atoms with Gasteiger partial charge in [0.2, 0.25) is 0 Å². The summed E-state index contributed by atoms with van der Waals surface area (Å²) in [6.45, 7) is 17.7. The van der Waals surface area contributed by atoms with Crippen molar-refractivity contribution < 1.29 is 0 Å². The van der Waals surface area contributed by atoms with Gasteiger partial charge in [-0.2, -0.15) is 0 Å². The normalized spacial score (nSPS) is 12.6. The summed E-state index contributed by atoms with van der Waals surface area (Å²) < 4.78 is 2.17. The minimum Gasteiger partial charge on any atom is -0.348 e. The first-order chi connectivity index (χ1) is 8.10. The Kier molecular flexibility index (Phi) is 7.36. The van der Waals surface area contributed by atoms with Crippen molar-refractivity contribution in [3.05, 3.63) is 34.5 Å². The van der Waals surface area contributed by atoms with Crippen LogP contribution in [0.5, 0.6) is 0 Å². The molecule has 0 atom stereocenters. The Morgan fingerprint density at radius 1 is 1.41 bits per heavy atom. The first-order valence-electron chi connectivity index (χ1n) is 6.62. The first-order valence-corrected chi connectivity index (χ1v) is 6.62. The van der Waals surface area contributed by atoms with Crippen LogP contribution in [0.1, 0.15) is 41.5 Å². The Morgan fingerprint density at radius 3 is 2.35 bits per heavy atom. The third kappa shape index (κ3) is 4.26. The van der Waals surface area contributed by atoms with Gasteiger partial charge in [0.15, 0.2) is 0 Å². The molecule has 96 valence electrons. The van der Waals surface area contributed by atoms with E-state index in [-0.39, 0.29) is 0 Å². The van der Waals surface area contributed by atoms with Crippen LogP contribution in [-0.2, 0) is 6.54 Å². The van der Waals surface area contributed by atoms with Gasteiger partial charge in [0.1, 0.15) is 0 Å². The van der Waals surface area contributed by atoms with Crippen LogP contribution < -0.4 is 10.6 Å². The van der Waals surface area contributed by atoms with Crippen molar-refractivity contribution in [3.8, 4) is 0 Å². The fraction of sp³-hybridized carbons (Fsp3) is 0.500. The molecule has 0 N–H and O–H groups in total. The van der Waals surface area contributed by atoms with E-state index in [9.17, 15) is 0 Å². The standard InChI is InChI=1S/C14H21N.C2H6/c1-6-13(11(3)4)10-14-8-9-15(7-2)12(14)5;1-2/h6,8-11H,5,7H2,1-4H3;1-2H3/b13-6+,14-10-;. The highest BCUT2D eigenvalue weighted by Gasteiger charge is 1.98. The molecule has 1 heteroatoms. The van der Waals surface area contributed by atoms with Gasteiger partial charge in [-0.15, -0.1) is 0 Å². The Morgan fingerprint density at radius 2 is 2.00 bits per heavy atom. The zero-order chi connectivity index (χ0) is 13.4. The number of aromatic nitrogens is 1. The van der Waals surface area contributed by atoms with Crippen LogP contribution in [-0.4, -0.2) is 4.57 Å². The molecule has 0 radical (unpaired) electrons. The van der Waals surface area contributed by atoms with Gasteiger partial charge in [0.05, 0.1) is 0 Å². The van der Waals surface area contributed by atoms with E-state index in [1.165, 1.54) is 10.8 Å². The van der Waals surface area contributed by atoms with Crippen molar-refractivity contribution >= 4 is 12.7 Å². The molecule has 0 saturated heterocycles. The Bertz CT molecular complexity index is 446. The molecular formula is C16H27N. The fourth-order valence-electron chi connectivity index (χ4n) is 1.71. The van der Waals surface area contributed by atoms with Crippen molar-refractivity contribution in [2.45, 2.75) is 48.1 Å². The molecule has 0 bridgehead atoms. The lowest BCUT2D eigenvalue weighted by Crippen LogP contribution is -2.27. The number of allylic oxidation sites excluding steroid dienone is 2. The van der Waals surface area contributed by atoms with Crippen LogP contribution in [0.2, 0.25) is 0 Å². The van der Waals surface area contributed by atoms with Crippen LogP contribution in [0.15, 0.2) is 23.9 Å². The van der Waals surface area contributed by atoms with Crippen molar-refractivity contribution in [1.29, 1.82) is 0 Å². The lowest BCUT2D eigenvalue weighted by molar-refractivity contribution is 0.745. The summed E-state index contributed by atoms with van der Waals surface area (Å²) >= 11 is 0. The highest BCUT2D eigenvalue weighted by molar-refractivity contribution is 5.47. The third-order valence-corrected chi connectivity index (χ3v) is 2.78. The molecule has 0 aliphatic rings. The molecular weight excluding hydrogens is 206 g/mol. The van der Waals surface area contributed by atoms with Gasteiger partial charge in [-0.1, -0.05) is 40.3 Å². The number of nitrogens with zero attached hydrogens (tertiary/aromatic N) is 1. The average molecular weight is 233 g/mol. The Labute approximate surface area is 106 Å². The maximum atomic E-state index is 4.10. The lowest BCUT2D eigenvalue weighted by Gasteiger charge is -2.04. The van der Waals surface area contributed by atoms with Gasteiger partial charge in [0, 0.05) is 18.1 Å². The molecule has 0 amide bonds. The molecule has 1 aromatic heterocycles. The molecule has 0 spiro atoms. The zero-order valence-electron chi connectivity index (χ0n) is 12.2. The van der Waals surface area contributed by atoms with E-state index in [1.807, 2.05) is 13.8 Å². The van der Waals surface area contributed by atoms with E-state index in [2.05, 4.69) is 63.3 Å². The van der Waals surface area contributed by atoms with Crippen molar-refractivity contribution in [2.75, 3.05) is 0 Å². The summed E-state index contributed by atoms with van der Waals surface area (Å²) in [7, 11) is 0. The zero-order valence-corrected chi connectivity index (χ0v) is 12.2. The van der Waals surface area contributed by atoms with Gasteiger partial charge in [-0.25, -0.2) is 0 Å². The Balaban J connectivity index is 0.00000121. The molecule has 0 saturated carbocycles. The summed E-state index contributed by atoms with van der Waals surface area (Å²) in [5.74, 6) is 0.569. The van der Waals surface area contributed by atoms with E-state index in [4.69, 9.17) is 0 Å². The number of hydrogen-bond acceptors (Lipinski definition) is 0. The van der Waals surface area contributed by atoms with Crippen LogP contribution in [0.4, 0.5) is 0 Å². The molecule has 0 aliphatic carbocycles. The summed E-state index contributed by atoms with van der Waals surface area (Å²) in [6, 6.07) is 2.14. The lowest BCUT2D eigenvalue weighted by atomic mass is 10.0. The van der Waals surface area contributed by atoms with E-state index in [0.717, 1.165) is 11.9 Å². The topological polar surface area (TPSA) is 4.93 Å². The number of hydrogen-bond donors (Lipinski definition) is 0. The molecule has 0 aromatic carbocycles. The maximum Gasteiger partial charge on any atom is 0.0407 e. The number of aryl methyl sites for hydroxylation is 1. The van der Waals surface area contributed by atoms with Crippen molar-refractivity contribution in [1.82, 2.24) is 4.57 Å². The third-order valence-electron chi connectivity index (χ3n) is 2.78. The van der Waals surface area contributed by atoms with Crippen molar-refractivity contribution in [2.24, 2.45) is 5.92 Å². The molecule has 0 fully saturated rings. The molecule has 1 nitrogen and oxygen atoms in total. The average Bonchev–Trinajstić information content (AvgIpc) is 2.69. The van der Waals surface area contributed by atoms with E-state index in [0.29, 0.717) is 5.92 Å². The van der Waals surface area contributed by atoms with Crippen molar-refractivity contribution in [3.63, 3.8) is 0 Å². The van der Waals surface area contributed by atoms with Gasteiger partial charge < -0.3 is 4.57 Å². The minimum absolute atomic E-state index is 0.569. The van der Waals surface area contributed by atoms with E-state index in [1.54, 1.807) is 0 Å². The second-order valence-corrected chi connectivity index (χ2v) is 4.09. The maximum absolute atomic E-state index is 4.10. The molecule has 17 heavy (non-hydrogen) atoms. The van der Waals surface area contributed by atoms with Crippen LogP contribution >= 0.6 is 0 Å². The minimum atomic E-state index is 0.569. The SMILES string of the molecule is C=c1/c(=C\C(=C/C)C(C)C)ccn1CC.CC. The Hall–Kier alpha value is -1.24. The molecule has 1 aromatic rings. The van der Waals surface area contributed by atoms with E-state index < -0.39 is 0 Å². The highest BCUT2D eigenvalue weighted by Crippen LogP contribution is 2.09. The molecule has 0 unspecified atom stereocenters. The summed E-state index contributed by atoms with van der Waals surface area (Å²) in [6.07, 6.45) is 6.51. The van der Waals surface area contributed by atoms with Gasteiger partial charge in [0.25, 0.3) is 0 Å². The quantitative estimate of drug-likeness (QED) is 0.755. The fourth-order valence-corrected chi connectivity index (χ4v) is 1.71. The second kappa shape index (κ2) is 7.94. The van der Waals surface area contributed by atoms with Gasteiger partial charge in [-0.3, -0.25) is 0 Å². The van der Waals surface area contributed by atoms with Gasteiger partial charge in [-0.05, 0) is 42.7 Å². The summed E-state index contributed by atoms with van der Waals surface area (Å²) in [4.78, 5) is 0. The molecule has 1 rings (SSSR count). The largest absolute Gasteiger partial charge is 0.348 e. The van der Waals surface area contributed by atoms with Crippen LogP contribution in [0, 0.1) is 5.92 Å². The summed E-state index contributed by atoms with van der Waals surface area (Å²) in [5.41, 5.74) is 1.37. The number of rotatable bonds is 3. The summed E-state index contributed by atoms with van der Waals surface area (Å²) in [5, 5.41) is 2.34. The predicted molar refractivity (Wildman–Crippen MR) is 79.3 cm³/mol. The van der Waals surface area contributed by atoms with Crippen LogP contribution in [0.3, 0.4) is 0 Å². The smallest absolute Gasteiger partial charge is 0.0407 e. The second-order valence-electron chi connectivity index (χ2n) is 4.09. The predicted octanol–water partition coefficient (Wildman–Crippen LogP) is 3.33. The highest BCUT2D eigenvalue weighted by atomic mass is 14.9. The van der Waals surface area contributed by atoms with Crippen LogP contribution in [0.25, 0.3) is 12.7 Å².